The van der Waals surface area contributed by atoms with E-state index in [4.69, 9.17) is 9.15 Å². The number of amides is 1. The summed E-state index contributed by atoms with van der Waals surface area (Å²) in [5.41, 5.74) is 0.990. The van der Waals surface area contributed by atoms with Crippen LogP contribution < -0.4 is 5.32 Å². The second-order valence-corrected chi connectivity index (χ2v) is 5.27. The molecule has 0 aliphatic carbocycles. The van der Waals surface area contributed by atoms with E-state index in [0.29, 0.717) is 17.0 Å². The first kappa shape index (κ1) is 14.6. The molecule has 0 bridgehead atoms. The molecule has 2 rings (SSSR count). The van der Waals surface area contributed by atoms with Crippen LogP contribution in [0.1, 0.15) is 16.1 Å². The van der Waals surface area contributed by atoms with Crippen molar-refractivity contribution >= 4 is 40.2 Å². The standard InChI is InChI=1S/C14H12INO4/c1-9-12(5-6-19-9)14(18)20-8-13(17)16-11-4-2-3-10(15)7-11/h2-7H,8H2,1H3,(H,16,17). The van der Waals surface area contributed by atoms with Gasteiger partial charge in [-0.15, -0.1) is 0 Å². The lowest BCUT2D eigenvalue weighted by atomic mass is 10.3. The molecule has 0 atom stereocenters. The lowest BCUT2D eigenvalue weighted by Gasteiger charge is -2.06. The van der Waals surface area contributed by atoms with Crippen LogP contribution in [0.15, 0.2) is 41.0 Å². The minimum absolute atomic E-state index is 0.326. The largest absolute Gasteiger partial charge is 0.469 e. The lowest BCUT2D eigenvalue weighted by Crippen LogP contribution is -2.21. The molecule has 1 N–H and O–H groups in total. The molecule has 104 valence electrons. The number of esters is 1. The van der Waals surface area contributed by atoms with Crippen LogP contribution in [0.25, 0.3) is 0 Å². The van der Waals surface area contributed by atoms with Gasteiger partial charge < -0.3 is 14.5 Å². The molecular weight excluding hydrogens is 373 g/mol. The van der Waals surface area contributed by atoms with Gasteiger partial charge in [-0.05, 0) is 53.8 Å². The molecule has 0 saturated carbocycles. The number of nitrogens with one attached hydrogen (secondary N) is 1. The lowest BCUT2D eigenvalue weighted by molar-refractivity contribution is -0.119. The molecule has 0 unspecified atom stereocenters. The van der Waals surface area contributed by atoms with Crippen LogP contribution in [0.5, 0.6) is 0 Å². The molecule has 6 heteroatoms. The molecule has 1 heterocycles. The summed E-state index contributed by atoms with van der Waals surface area (Å²) in [6.45, 7) is 1.32. The van der Waals surface area contributed by atoms with Crippen LogP contribution in [-0.2, 0) is 9.53 Å². The maximum atomic E-state index is 11.7. The maximum Gasteiger partial charge on any atom is 0.342 e. The van der Waals surface area contributed by atoms with Crippen LogP contribution in [0.4, 0.5) is 5.69 Å². The Morgan fingerprint density at radius 2 is 2.15 bits per heavy atom. The highest BCUT2D eigenvalue weighted by Gasteiger charge is 2.14. The smallest absolute Gasteiger partial charge is 0.342 e. The number of aryl methyl sites for hydroxylation is 1. The summed E-state index contributed by atoms with van der Waals surface area (Å²) in [6.07, 6.45) is 1.40. The Bertz CT molecular complexity index is 636. The van der Waals surface area contributed by atoms with Gasteiger partial charge in [-0.2, -0.15) is 0 Å². The molecule has 0 aliphatic heterocycles. The van der Waals surface area contributed by atoms with Crippen molar-refractivity contribution in [3.63, 3.8) is 0 Å². The van der Waals surface area contributed by atoms with Gasteiger partial charge in [0, 0.05) is 9.26 Å². The van der Waals surface area contributed by atoms with E-state index in [9.17, 15) is 9.59 Å². The van der Waals surface area contributed by atoms with Gasteiger partial charge in [-0.25, -0.2) is 4.79 Å². The van der Waals surface area contributed by atoms with Crippen molar-refractivity contribution in [1.29, 1.82) is 0 Å². The van der Waals surface area contributed by atoms with Gasteiger partial charge in [0.2, 0.25) is 0 Å². The molecule has 2 aromatic rings. The summed E-state index contributed by atoms with van der Waals surface area (Å²) in [5.74, 6) is -0.497. The van der Waals surface area contributed by atoms with E-state index in [1.165, 1.54) is 12.3 Å². The quantitative estimate of drug-likeness (QED) is 0.649. The van der Waals surface area contributed by atoms with Crippen molar-refractivity contribution in [2.75, 3.05) is 11.9 Å². The molecule has 20 heavy (non-hydrogen) atoms. The van der Waals surface area contributed by atoms with Gasteiger partial charge >= 0.3 is 5.97 Å². The highest BCUT2D eigenvalue weighted by Crippen LogP contribution is 2.13. The van der Waals surface area contributed by atoms with Crippen molar-refractivity contribution in [1.82, 2.24) is 0 Å². The SMILES string of the molecule is Cc1occc1C(=O)OCC(=O)Nc1cccc(I)c1. The van der Waals surface area contributed by atoms with Crippen LogP contribution in [0.2, 0.25) is 0 Å². The number of halogens is 1. The van der Waals surface area contributed by atoms with E-state index in [1.807, 2.05) is 18.2 Å². The summed E-state index contributed by atoms with van der Waals surface area (Å²) in [4.78, 5) is 23.3. The van der Waals surface area contributed by atoms with Gasteiger partial charge in [0.05, 0.1) is 6.26 Å². The second kappa shape index (κ2) is 6.56. The van der Waals surface area contributed by atoms with E-state index < -0.39 is 5.97 Å². The molecule has 5 nitrogen and oxygen atoms in total. The number of furan rings is 1. The van der Waals surface area contributed by atoms with Crippen LogP contribution in [0, 0.1) is 10.5 Å². The number of hydrogen-bond acceptors (Lipinski definition) is 4. The van der Waals surface area contributed by atoms with Gasteiger partial charge in [-0.3, -0.25) is 4.79 Å². The van der Waals surface area contributed by atoms with Crippen LogP contribution in [0.3, 0.4) is 0 Å². The zero-order valence-corrected chi connectivity index (χ0v) is 12.8. The third kappa shape index (κ3) is 3.83. The Labute approximate surface area is 129 Å². The molecule has 0 fully saturated rings. The fourth-order valence-electron chi connectivity index (χ4n) is 1.57. The fraction of sp³-hybridized carbons (Fsp3) is 0.143. The van der Waals surface area contributed by atoms with Crippen LogP contribution in [-0.4, -0.2) is 18.5 Å². The van der Waals surface area contributed by atoms with E-state index >= 15 is 0 Å². The van der Waals surface area contributed by atoms with Crippen molar-refractivity contribution in [2.45, 2.75) is 6.92 Å². The zero-order chi connectivity index (χ0) is 14.5. The minimum Gasteiger partial charge on any atom is -0.469 e. The Hall–Kier alpha value is -1.83. The number of carbonyl (C=O) groups is 2. The number of benzene rings is 1. The minimum atomic E-state index is -0.575. The Kier molecular flexibility index (Phi) is 4.78. The summed E-state index contributed by atoms with van der Waals surface area (Å²) < 4.78 is 10.9. The van der Waals surface area contributed by atoms with Gasteiger partial charge in [0.1, 0.15) is 11.3 Å². The molecule has 1 amide bonds. The highest BCUT2D eigenvalue weighted by molar-refractivity contribution is 14.1. The van der Waals surface area contributed by atoms with Gasteiger partial charge in [0.15, 0.2) is 6.61 Å². The first-order valence-corrected chi connectivity index (χ1v) is 6.91. The first-order chi connectivity index (χ1) is 9.56. The van der Waals surface area contributed by atoms with E-state index in [-0.39, 0.29) is 12.5 Å². The molecule has 0 aliphatic rings. The summed E-state index contributed by atoms with van der Waals surface area (Å²) in [7, 11) is 0. The molecule has 0 saturated heterocycles. The van der Waals surface area contributed by atoms with E-state index in [2.05, 4.69) is 27.9 Å². The predicted octanol–water partition coefficient (Wildman–Crippen LogP) is 2.99. The molecule has 1 aromatic carbocycles. The van der Waals surface area contributed by atoms with Crippen molar-refractivity contribution < 1.29 is 18.7 Å². The number of hydrogen-bond donors (Lipinski definition) is 1. The summed E-state index contributed by atoms with van der Waals surface area (Å²) >= 11 is 2.15. The fourth-order valence-corrected chi connectivity index (χ4v) is 2.11. The third-order valence-corrected chi connectivity index (χ3v) is 3.19. The first-order valence-electron chi connectivity index (χ1n) is 5.83. The highest BCUT2D eigenvalue weighted by atomic mass is 127. The van der Waals surface area contributed by atoms with Gasteiger partial charge in [0.25, 0.3) is 5.91 Å². The van der Waals surface area contributed by atoms with Crippen molar-refractivity contribution in [3.05, 3.63) is 51.5 Å². The Morgan fingerprint density at radius 3 is 2.80 bits per heavy atom. The Morgan fingerprint density at radius 1 is 1.35 bits per heavy atom. The van der Waals surface area contributed by atoms with Crippen molar-refractivity contribution in [3.8, 4) is 0 Å². The number of anilines is 1. The number of ether oxygens (including phenoxy) is 1. The average molecular weight is 385 g/mol. The second-order valence-electron chi connectivity index (χ2n) is 4.03. The van der Waals surface area contributed by atoms with E-state index in [0.717, 1.165) is 3.57 Å². The van der Waals surface area contributed by atoms with Gasteiger partial charge in [-0.1, -0.05) is 6.07 Å². The monoisotopic (exact) mass is 385 g/mol. The normalized spacial score (nSPS) is 10.1. The topological polar surface area (TPSA) is 68.5 Å². The van der Waals surface area contributed by atoms with E-state index in [1.54, 1.807) is 13.0 Å². The number of rotatable bonds is 4. The number of carbonyl (C=O) groups excluding carboxylic acids is 2. The third-order valence-electron chi connectivity index (χ3n) is 2.52. The molecular formula is C14H12INO4. The summed E-state index contributed by atoms with van der Waals surface area (Å²) in [5, 5.41) is 2.65. The molecule has 0 spiro atoms. The predicted molar refractivity (Wildman–Crippen MR) is 81.5 cm³/mol. The molecule has 1 aromatic heterocycles. The summed E-state index contributed by atoms with van der Waals surface area (Å²) in [6, 6.07) is 8.84. The van der Waals surface area contributed by atoms with Crippen LogP contribution >= 0.6 is 22.6 Å². The van der Waals surface area contributed by atoms with Crippen molar-refractivity contribution in [2.24, 2.45) is 0 Å². The zero-order valence-electron chi connectivity index (χ0n) is 10.7. The Balaban J connectivity index is 1.87. The average Bonchev–Trinajstić information content (AvgIpc) is 2.82. The molecule has 0 radical (unpaired) electrons. The maximum absolute atomic E-state index is 11.7.